The fourth-order valence-electron chi connectivity index (χ4n) is 5.17. The summed E-state index contributed by atoms with van der Waals surface area (Å²) in [7, 11) is 1.20. The molecule has 218 valence electrons. The van der Waals surface area contributed by atoms with Gasteiger partial charge in [0.25, 0.3) is 5.91 Å². The van der Waals surface area contributed by atoms with Crippen molar-refractivity contribution in [1.82, 2.24) is 10.6 Å². The predicted molar refractivity (Wildman–Crippen MR) is 144 cm³/mol. The van der Waals surface area contributed by atoms with Crippen LogP contribution in [0.2, 0.25) is 0 Å². The van der Waals surface area contributed by atoms with Crippen LogP contribution in [0.25, 0.3) is 0 Å². The largest absolute Gasteiger partial charge is 0.460 e. The van der Waals surface area contributed by atoms with Crippen molar-refractivity contribution in [2.75, 3.05) is 13.7 Å². The summed E-state index contributed by atoms with van der Waals surface area (Å²) < 4.78 is 10.8. The number of aliphatic hydroxyl groups is 3. The van der Waals surface area contributed by atoms with E-state index < -0.39 is 48.4 Å². The Morgan fingerprint density at radius 1 is 1.03 bits per heavy atom. The van der Waals surface area contributed by atoms with E-state index in [-0.39, 0.29) is 30.3 Å². The molecule has 6 atom stereocenters. The van der Waals surface area contributed by atoms with E-state index in [4.69, 9.17) is 9.47 Å². The molecule has 1 aliphatic heterocycles. The van der Waals surface area contributed by atoms with E-state index in [1.807, 2.05) is 26.8 Å². The van der Waals surface area contributed by atoms with E-state index in [0.717, 1.165) is 37.7 Å². The topological polar surface area (TPSA) is 154 Å². The fourth-order valence-corrected chi connectivity index (χ4v) is 5.17. The molecule has 1 saturated carbocycles. The Bertz CT molecular complexity index is 988. The molecule has 0 unspecified atom stereocenters. The van der Waals surface area contributed by atoms with Crippen LogP contribution in [0.5, 0.6) is 0 Å². The molecule has 0 radical (unpaired) electrons. The van der Waals surface area contributed by atoms with E-state index >= 15 is 0 Å². The van der Waals surface area contributed by atoms with Crippen molar-refractivity contribution in [3.63, 3.8) is 0 Å². The molecule has 1 heterocycles. The number of hydrogen-bond donors (Lipinski definition) is 5. The first kappa shape index (κ1) is 31.0. The molecule has 3 rings (SSSR count). The lowest BCUT2D eigenvalue weighted by Crippen LogP contribution is -2.54. The van der Waals surface area contributed by atoms with Crippen LogP contribution >= 0.6 is 0 Å². The van der Waals surface area contributed by atoms with Crippen LogP contribution < -0.4 is 10.6 Å². The van der Waals surface area contributed by atoms with Gasteiger partial charge in [0.05, 0.1) is 12.5 Å². The molecule has 0 aromatic heterocycles. The molecule has 5 N–H and O–H groups in total. The molecule has 2 amide bonds. The van der Waals surface area contributed by atoms with Gasteiger partial charge < -0.3 is 35.4 Å². The summed E-state index contributed by atoms with van der Waals surface area (Å²) in [6.07, 6.45) is -1.65. The normalized spacial score (nSPS) is 24.0. The minimum Gasteiger partial charge on any atom is -0.460 e. The third kappa shape index (κ3) is 8.23. The molecule has 10 heteroatoms. The zero-order chi connectivity index (χ0) is 28.7. The van der Waals surface area contributed by atoms with Crippen molar-refractivity contribution in [2.45, 2.75) is 108 Å². The molecule has 1 aliphatic carbocycles. The first-order valence-corrected chi connectivity index (χ1v) is 13.9. The van der Waals surface area contributed by atoms with E-state index in [1.165, 1.54) is 7.11 Å². The molecule has 1 aromatic carbocycles. The number of amides is 2. The second-order valence-corrected chi connectivity index (χ2v) is 11.7. The number of carbonyl (C=O) groups excluding carboxylic acids is 3. The summed E-state index contributed by atoms with van der Waals surface area (Å²) >= 11 is 0. The van der Waals surface area contributed by atoms with Gasteiger partial charge in [-0.05, 0) is 42.2 Å². The van der Waals surface area contributed by atoms with E-state index in [0.29, 0.717) is 12.0 Å². The lowest BCUT2D eigenvalue weighted by molar-refractivity contribution is -0.155. The summed E-state index contributed by atoms with van der Waals surface area (Å²) in [5.74, 6) is -1.59. The number of esters is 1. The maximum absolute atomic E-state index is 13.0. The van der Waals surface area contributed by atoms with Crippen LogP contribution in [0.15, 0.2) is 24.3 Å². The quantitative estimate of drug-likeness (QED) is 0.292. The predicted octanol–water partition coefficient (Wildman–Crippen LogP) is 1.64. The SMILES string of the molecule is CO[C@@H](C(=O)N[C@H]1CC[C@@H](OC(=O)C2CCCCC2)CNC1=O)[C@H](O)[C@@H](O)[C@H](O)c1cccc(C(C)(C)C)c1. The van der Waals surface area contributed by atoms with Crippen LogP contribution in [-0.4, -0.2) is 77.2 Å². The molecular formula is C29H44N2O8. The van der Waals surface area contributed by atoms with Crippen molar-refractivity contribution in [3.05, 3.63) is 35.4 Å². The Morgan fingerprint density at radius 3 is 2.36 bits per heavy atom. The number of rotatable bonds is 9. The Hall–Kier alpha value is -2.53. The van der Waals surface area contributed by atoms with Crippen molar-refractivity contribution >= 4 is 17.8 Å². The standard InChI is InChI=1S/C29H44N2O8/c1-29(2,3)19-12-8-11-18(15-19)22(32)23(33)24(34)25(38-4)27(36)31-21-14-13-20(16-30-26(21)35)39-28(37)17-9-6-5-7-10-17/h8,11-12,15,17,20-25,32-34H,5-7,9-10,13-14,16H2,1-4H3,(H,30,35)(H,31,36)/t20-,21+,22-,23+,24-,25-/m1/s1. The number of methoxy groups -OCH3 is 1. The minimum absolute atomic E-state index is 0.102. The Kier molecular flexibility index (Phi) is 10.9. The zero-order valence-corrected chi connectivity index (χ0v) is 23.4. The highest BCUT2D eigenvalue weighted by molar-refractivity contribution is 5.89. The van der Waals surface area contributed by atoms with E-state index in [1.54, 1.807) is 18.2 Å². The summed E-state index contributed by atoms with van der Waals surface area (Å²) in [5.41, 5.74) is 1.13. The third-order valence-corrected chi connectivity index (χ3v) is 7.73. The molecule has 2 aliphatic rings. The average Bonchev–Trinajstić information content (AvgIpc) is 3.09. The molecule has 1 aromatic rings. The Labute approximate surface area is 230 Å². The van der Waals surface area contributed by atoms with Crippen molar-refractivity contribution in [1.29, 1.82) is 0 Å². The maximum Gasteiger partial charge on any atom is 0.309 e. The fraction of sp³-hybridized carbons (Fsp3) is 0.690. The molecule has 2 fully saturated rings. The lowest BCUT2D eigenvalue weighted by Gasteiger charge is -2.29. The Balaban J connectivity index is 1.59. The number of benzene rings is 1. The molecular weight excluding hydrogens is 504 g/mol. The van der Waals surface area contributed by atoms with E-state index in [2.05, 4.69) is 10.6 Å². The van der Waals surface area contributed by atoms with Gasteiger partial charge in [-0.25, -0.2) is 0 Å². The minimum atomic E-state index is -1.78. The molecule has 0 spiro atoms. The third-order valence-electron chi connectivity index (χ3n) is 7.73. The van der Waals surface area contributed by atoms with Crippen molar-refractivity contribution < 1.29 is 39.2 Å². The maximum atomic E-state index is 13.0. The number of ether oxygens (including phenoxy) is 2. The van der Waals surface area contributed by atoms with Gasteiger partial charge in [-0.3, -0.25) is 14.4 Å². The summed E-state index contributed by atoms with van der Waals surface area (Å²) in [4.78, 5) is 38.2. The van der Waals surface area contributed by atoms with Crippen molar-refractivity contribution in [2.24, 2.45) is 5.92 Å². The molecule has 1 saturated heterocycles. The van der Waals surface area contributed by atoms with Gasteiger partial charge in [0.1, 0.15) is 30.5 Å². The first-order chi connectivity index (χ1) is 18.4. The first-order valence-electron chi connectivity index (χ1n) is 13.9. The highest BCUT2D eigenvalue weighted by Crippen LogP contribution is 2.28. The summed E-state index contributed by atoms with van der Waals surface area (Å²) in [6, 6.07) is 6.10. The van der Waals surface area contributed by atoms with Gasteiger partial charge in [0.2, 0.25) is 5.91 Å². The highest BCUT2D eigenvalue weighted by Gasteiger charge is 2.39. The number of hydrogen-bond acceptors (Lipinski definition) is 8. The number of aliphatic hydroxyl groups excluding tert-OH is 3. The van der Waals surface area contributed by atoms with Crippen molar-refractivity contribution in [3.8, 4) is 0 Å². The van der Waals surface area contributed by atoms with E-state index in [9.17, 15) is 29.7 Å². The Morgan fingerprint density at radius 2 is 1.72 bits per heavy atom. The highest BCUT2D eigenvalue weighted by atomic mass is 16.5. The van der Waals surface area contributed by atoms with Crippen LogP contribution in [0.1, 0.15) is 82.9 Å². The second kappa shape index (κ2) is 13.7. The van der Waals surface area contributed by atoms with Crippen LogP contribution in [0, 0.1) is 5.92 Å². The lowest BCUT2D eigenvalue weighted by atomic mass is 9.85. The molecule has 39 heavy (non-hydrogen) atoms. The summed E-state index contributed by atoms with van der Waals surface area (Å²) in [6.45, 7) is 6.20. The van der Waals surface area contributed by atoms with Gasteiger partial charge in [-0.1, -0.05) is 64.3 Å². The van der Waals surface area contributed by atoms with Crippen LogP contribution in [0.4, 0.5) is 0 Å². The van der Waals surface area contributed by atoms with Gasteiger partial charge >= 0.3 is 5.97 Å². The van der Waals surface area contributed by atoms with Gasteiger partial charge in [-0.15, -0.1) is 0 Å². The van der Waals surface area contributed by atoms with Gasteiger partial charge in [0, 0.05) is 7.11 Å². The second-order valence-electron chi connectivity index (χ2n) is 11.7. The number of carbonyl (C=O) groups is 3. The zero-order valence-electron chi connectivity index (χ0n) is 23.4. The number of nitrogens with one attached hydrogen (secondary N) is 2. The molecule has 0 bridgehead atoms. The van der Waals surface area contributed by atoms with Crippen LogP contribution in [0.3, 0.4) is 0 Å². The van der Waals surface area contributed by atoms with Gasteiger partial charge in [-0.2, -0.15) is 0 Å². The monoisotopic (exact) mass is 548 g/mol. The van der Waals surface area contributed by atoms with Crippen LogP contribution in [-0.2, 0) is 29.3 Å². The van der Waals surface area contributed by atoms with Gasteiger partial charge in [0.15, 0.2) is 6.10 Å². The molecule has 10 nitrogen and oxygen atoms in total. The average molecular weight is 549 g/mol. The smallest absolute Gasteiger partial charge is 0.309 e. The summed E-state index contributed by atoms with van der Waals surface area (Å²) in [5, 5.41) is 37.5.